The molecule has 0 aromatic heterocycles. The average Bonchev–Trinajstić information content (AvgIpc) is 2.59. The standard InChI is InChI=1S/C19H16ClN3O2/c20-12-6-9-18(25-14-4-2-1-3-5-14)17(10-12)23-16-8-7-13(21)11-15(16)19(22)24/h1-11,23H,21H2,(H2,22,24). The largest absolute Gasteiger partial charge is 0.455 e. The van der Waals surface area contributed by atoms with Crippen molar-refractivity contribution in [2.75, 3.05) is 11.1 Å². The Balaban J connectivity index is 1.98. The van der Waals surface area contributed by atoms with Gasteiger partial charge in [-0.25, -0.2) is 0 Å². The number of nitrogens with two attached hydrogens (primary N) is 2. The number of halogens is 1. The molecule has 5 nitrogen and oxygen atoms in total. The third-order valence-corrected chi connectivity index (χ3v) is 3.73. The lowest BCUT2D eigenvalue weighted by Gasteiger charge is -2.15. The van der Waals surface area contributed by atoms with Crippen LogP contribution in [0.1, 0.15) is 10.4 Å². The van der Waals surface area contributed by atoms with Crippen LogP contribution in [-0.2, 0) is 0 Å². The normalized spacial score (nSPS) is 10.3. The smallest absolute Gasteiger partial charge is 0.250 e. The van der Waals surface area contributed by atoms with Crippen LogP contribution in [0.4, 0.5) is 17.1 Å². The molecule has 126 valence electrons. The number of carbonyl (C=O) groups excluding carboxylic acids is 1. The molecule has 3 aromatic rings. The molecule has 6 heteroatoms. The summed E-state index contributed by atoms with van der Waals surface area (Å²) in [5.41, 5.74) is 13.0. The highest BCUT2D eigenvalue weighted by atomic mass is 35.5. The van der Waals surface area contributed by atoms with Crippen LogP contribution in [0.3, 0.4) is 0 Å². The van der Waals surface area contributed by atoms with Crippen molar-refractivity contribution in [3.05, 3.63) is 77.3 Å². The van der Waals surface area contributed by atoms with Gasteiger partial charge >= 0.3 is 0 Å². The molecule has 0 aliphatic heterocycles. The third kappa shape index (κ3) is 4.02. The van der Waals surface area contributed by atoms with Crippen LogP contribution < -0.4 is 21.5 Å². The maximum Gasteiger partial charge on any atom is 0.250 e. The number of hydrogen-bond donors (Lipinski definition) is 3. The fourth-order valence-corrected chi connectivity index (χ4v) is 2.50. The van der Waals surface area contributed by atoms with Crippen LogP contribution in [0, 0.1) is 0 Å². The zero-order valence-electron chi connectivity index (χ0n) is 13.2. The van der Waals surface area contributed by atoms with E-state index in [-0.39, 0.29) is 5.56 Å². The zero-order valence-corrected chi connectivity index (χ0v) is 14.0. The maximum atomic E-state index is 11.7. The third-order valence-electron chi connectivity index (χ3n) is 3.49. The predicted octanol–water partition coefficient (Wildman–Crippen LogP) is 4.56. The fourth-order valence-electron chi connectivity index (χ4n) is 2.32. The van der Waals surface area contributed by atoms with Crippen LogP contribution in [0.5, 0.6) is 11.5 Å². The van der Waals surface area contributed by atoms with Crippen molar-refractivity contribution in [2.24, 2.45) is 5.73 Å². The molecular weight excluding hydrogens is 338 g/mol. The number of ether oxygens (including phenoxy) is 1. The van der Waals surface area contributed by atoms with Crippen molar-refractivity contribution in [1.82, 2.24) is 0 Å². The number of benzene rings is 3. The first-order valence-corrected chi connectivity index (χ1v) is 7.89. The Morgan fingerprint density at radius 2 is 1.72 bits per heavy atom. The number of amides is 1. The molecule has 0 unspecified atom stereocenters. The Bertz CT molecular complexity index is 914. The molecule has 0 fully saturated rings. The van der Waals surface area contributed by atoms with E-state index < -0.39 is 5.91 Å². The summed E-state index contributed by atoms with van der Waals surface area (Å²) >= 11 is 6.11. The topological polar surface area (TPSA) is 90.4 Å². The number of primary amides is 1. The molecule has 0 bridgehead atoms. The van der Waals surface area contributed by atoms with E-state index >= 15 is 0 Å². The number of nitrogens with one attached hydrogen (secondary N) is 1. The van der Waals surface area contributed by atoms with Crippen molar-refractivity contribution in [1.29, 1.82) is 0 Å². The minimum Gasteiger partial charge on any atom is -0.455 e. The van der Waals surface area contributed by atoms with Crippen molar-refractivity contribution >= 4 is 34.6 Å². The van der Waals surface area contributed by atoms with Crippen LogP contribution >= 0.6 is 11.6 Å². The number of hydrogen-bond acceptors (Lipinski definition) is 4. The second kappa shape index (κ2) is 7.15. The predicted molar refractivity (Wildman–Crippen MR) is 101 cm³/mol. The Labute approximate surface area is 150 Å². The molecule has 0 saturated heterocycles. The van der Waals surface area contributed by atoms with E-state index in [2.05, 4.69) is 5.32 Å². The minimum atomic E-state index is -0.581. The van der Waals surface area contributed by atoms with Gasteiger partial charge in [0.15, 0.2) is 5.75 Å². The zero-order chi connectivity index (χ0) is 17.8. The van der Waals surface area contributed by atoms with Gasteiger partial charge in [0, 0.05) is 10.7 Å². The van der Waals surface area contributed by atoms with Gasteiger partial charge < -0.3 is 21.5 Å². The summed E-state index contributed by atoms with van der Waals surface area (Å²) < 4.78 is 5.90. The SMILES string of the molecule is NC(=O)c1cc(N)ccc1Nc1cc(Cl)ccc1Oc1ccccc1. The van der Waals surface area contributed by atoms with E-state index in [0.29, 0.717) is 33.6 Å². The van der Waals surface area contributed by atoms with E-state index in [1.807, 2.05) is 30.3 Å². The number of rotatable bonds is 5. The molecule has 0 radical (unpaired) electrons. The lowest BCUT2D eigenvalue weighted by Crippen LogP contribution is -2.13. The van der Waals surface area contributed by atoms with Gasteiger partial charge in [0.1, 0.15) is 5.75 Å². The van der Waals surface area contributed by atoms with Gasteiger partial charge in [0.05, 0.1) is 16.9 Å². The van der Waals surface area contributed by atoms with Gasteiger partial charge in [-0.1, -0.05) is 29.8 Å². The highest BCUT2D eigenvalue weighted by Gasteiger charge is 2.12. The molecule has 0 atom stereocenters. The van der Waals surface area contributed by atoms with Crippen molar-refractivity contribution in [2.45, 2.75) is 0 Å². The summed E-state index contributed by atoms with van der Waals surface area (Å²) in [5.74, 6) is 0.658. The highest BCUT2D eigenvalue weighted by Crippen LogP contribution is 2.35. The van der Waals surface area contributed by atoms with E-state index in [4.69, 9.17) is 27.8 Å². The second-order valence-corrected chi connectivity index (χ2v) is 5.79. The van der Waals surface area contributed by atoms with Gasteiger partial charge in [-0.3, -0.25) is 4.79 Å². The Kier molecular flexibility index (Phi) is 4.77. The van der Waals surface area contributed by atoms with Crippen molar-refractivity contribution in [3.63, 3.8) is 0 Å². The summed E-state index contributed by atoms with van der Waals surface area (Å²) in [7, 11) is 0. The number of carbonyl (C=O) groups is 1. The number of anilines is 3. The Hall–Kier alpha value is -3.18. The van der Waals surface area contributed by atoms with E-state index in [1.165, 1.54) is 6.07 Å². The minimum absolute atomic E-state index is 0.283. The molecular formula is C19H16ClN3O2. The maximum absolute atomic E-state index is 11.7. The van der Waals surface area contributed by atoms with Crippen LogP contribution in [0.15, 0.2) is 66.7 Å². The molecule has 0 spiro atoms. The average molecular weight is 354 g/mol. The van der Waals surface area contributed by atoms with E-state index in [0.717, 1.165) is 0 Å². The van der Waals surface area contributed by atoms with Crippen LogP contribution in [-0.4, -0.2) is 5.91 Å². The van der Waals surface area contributed by atoms with Gasteiger partial charge in [-0.15, -0.1) is 0 Å². The van der Waals surface area contributed by atoms with Crippen molar-refractivity contribution < 1.29 is 9.53 Å². The van der Waals surface area contributed by atoms with Crippen molar-refractivity contribution in [3.8, 4) is 11.5 Å². The highest BCUT2D eigenvalue weighted by molar-refractivity contribution is 6.31. The van der Waals surface area contributed by atoms with Crippen LogP contribution in [0.2, 0.25) is 5.02 Å². The Morgan fingerprint density at radius 1 is 0.960 bits per heavy atom. The molecule has 0 aliphatic carbocycles. The quantitative estimate of drug-likeness (QED) is 0.586. The fraction of sp³-hybridized carbons (Fsp3) is 0. The first kappa shape index (κ1) is 16.7. The summed E-state index contributed by atoms with van der Waals surface area (Å²) in [4.78, 5) is 11.7. The first-order valence-electron chi connectivity index (χ1n) is 7.52. The number of para-hydroxylation sites is 1. The van der Waals surface area contributed by atoms with Crippen LogP contribution in [0.25, 0.3) is 0 Å². The molecule has 3 aromatic carbocycles. The van der Waals surface area contributed by atoms with Gasteiger partial charge in [-0.2, -0.15) is 0 Å². The first-order chi connectivity index (χ1) is 12.0. The van der Waals surface area contributed by atoms with E-state index in [9.17, 15) is 4.79 Å². The summed E-state index contributed by atoms with van der Waals surface area (Å²) in [6.45, 7) is 0. The summed E-state index contributed by atoms with van der Waals surface area (Å²) in [6, 6.07) is 19.4. The van der Waals surface area contributed by atoms with Gasteiger partial charge in [0.25, 0.3) is 5.91 Å². The van der Waals surface area contributed by atoms with Gasteiger partial charge in [0.2, 0.25) is 0 Å². The molecule has 25 heavy (non-hydrogen) atoms. The summed E-state index contributed by atoms with van der Waals surface area (Å²) in [6.07, 6.45) is 0. The second-order valence-electron chi connectivity index (χ2n) is 5.35. The lowest BCUT2D eigenvalue weighted by molar-refractivity contribution is 0.100. The number of nitrogen functional groups attached to an aromatic ring is 1. The lowest BCUT2D eigenvalue weighted by atomic mass is 10.1. The molecule has 5 N–H and O–H groups in total. The monoisotopic (exact) mass is 353 g/mol. The summed E-state index contributed by atoms with van der Waals surface area (Å²) in [5, 5.41) is 3.67. The molecule has 3 rings (SSSR count). The van der Waals surface area contributed by atoms with Gasteiger partial charge in [-0.05, 0) is 48.5 Å². The van der Waals surface area contributed by atoms with E-state index in [1.54, 1.807) is 30.3 Å². The Morgan fingerprint density at radius 3 is 2.44 bits per heavy atom. The molecule has 0 heterocycles. The molecule has 0 saturated carbocycles. The molecule has 1 amide bonds. The molecule has 0 aliphatic rings.